The van der Waals surface area contributed by atoms with Crippen LogP contribution in [0.25, 0.3) is 11.0 Å². The Hall–Kier alpha value is -3.14. The van der Waals surface area contributed by atoms with E-state index in [9.17, 15) is 13.2 Å². The molecular formula is C23H22N4O3S2. The Morgan fingerprint density at radius 1 is 0.969 bits per heavy atom. The summed E-state index contributed by atoms with van der Waals surface area (Å²) in [6.07, 6.45) is 0.643. The van der Waals surface area contributed by atoms with Crippen molar-refractivity contribution in [3.8, 4) is 0 Å². The third kappa shape index (κ3) is 5.01. The van der Waals surface area contributed by atoms with Crippen molar-refractivity contribution in [2.24, 2.45) is 0 Å². The highest BCUT2D eigenvalue weighted by Crippen LogP contribution is 2.23. The Labute approximate surface area is 190 Å². The SMILES string of the molecule is Cc1ccc(CCNC(=O)C(NS(=O)(=O)c2cccc3nsnc23)c2ccccc2)cc1. The summed E-state index contributed by atoms with van der Waals surface area (Å²) in [5.41, 5.74) is 3.60. The second-order valence-corrected chi connectivity index (χ2v) is 9.59. The van der Waals surface area contributed by atoms with Crippen molar-refractivity contribution in [1.29, 1.82) is 0 Å². The van der Waals surface area contributed by atoms with Gasteiger partial charge in [-0.2, -0.15) is 13.5 Å². The van der Waals surface area contributed by atoms with Crippen molar-refractivity contribution in [3.05, 3.63) is 89.5 Å². The van der Waals surface area contributed by atoms with Crippen LogP contribution in [-0.2, 0) is 21.2 Å². The largest absolute Gasteiger partial charge is 0.354 e. The fourth-order valence-corrected chi connectivity index (χ4v) is 5.27. The fraction of sp³-hybridized carbons (Fsp3) is 0.174. The standard InChI is InChI=1S/C23H22N4O3S2/c1-16-10-12-17(13-11-16)14-15-24-23(28)21(18-6-3-2-4-7-18)27-32(29,30)20-9-5-8-19-22(20)26-31-25-19/h2-13,21,27H,14-15H2,1H3,(H,24,28). The molecule has 0 bridgehead atoms. The van der Waals surface area contributed by atoms with Crippen molar-refractivity contribution >= 4 is 38.7 Å². The number of benzene rings is 3. The molecule has 0 aliphatic carbocycles. The van der Waals surface area contributed by atoms with E-state index in [1.807, 2.05) is 37.3 Å². The molecule has 3 aromatic carbocycles. The highest BCUT2D eigenvalue weighted by molar-refractivity contribution is 7.89. The topological polar surface area (TPSA) is 101 Å². The molecule has 0 spiro atoms. The third-order valence-electron chi connectivity index (χ3n) is 5.04. The lowest BCUT2D eigenvalue weighted by atomic mass is 10.1. The maximum atomic E-state index is 13.2. The highest BCUT2D eigenvalue weighted by atomic mass is 32.2. The van der Waals surface area contributed by atoms with Crippen molar-refractivity contribution in [1.82, 2.24) is 18.8 Å². The molecule has 1 amide bonds. The first kappa shape index (κ1) is 22.1. The van der Waals surface area contributed by atoms with E-state index in [-0.39, 0.29) is 10.4 Å². The first-order valence-corrected chi connectivity index (χ1v) is 12.3. The molecule has 0 fully saturated rings. The van der Waals surface area contributed by atoms with E-state index in [0.29, 0.717) is 24.0 Å². The van der Waals surface area contributed by atoms with Gasteiger partial charge in [-0.15, -0.1) is 0 Å². The number of fused-ring (bicyclic) bond motifs is 1. The van der Waals surface area contributed by atoms with Gasteiger partial charge in [0, 0.05) is 6.54 Å². The van der Waals surface area contributed by atoms with Crippen molar-refractivity contribution in [2.75, 3.05) is 6.54 Å². The van der Waals surface area contributed by atoms with Crippen molar-refractivity contribution in [2.45, 2.75) is 24.3 Å². The Bertz CT molecular complexity index is 1320. The predicted octanol–water partition coefficient (Wildman–Crippen LogP) is 3.38. The van der Waals surface area contributed by atoms with Gasteiger partial charge in [0.05, 0.1) is 11.7 Å². The number of aryl methyl sites for hydroxylation is 1. The molecule has 164 valence electrons. The summed E-state index contributed by atoms with van der Waals surface area (Å²) in [6.45, 7) is 2.41. The predicted molar refractivity (Wildman–Crippen MR) is 125 cm³/mol. The average molecular weight is 467 g/mol. The lowest BCUT2D eigenvalue weighted by molar-refractivity contribution is -0.122. The molecule has 1 aromatic heterocycles. The van der Waals surface area contributed by atoms with E-state index < -0.39 is 22.0 Å². The molecule has 32 heavy (non-hydrogen) atoms. The van der Waals surface area contributed by atoms with Gasteiger partial charge < -0.3 is 5.32 Å². The number of nitrogens with one attached hydrogen (secondary N) is 2. The minimum Gasteiger partial charge on any atom is -0.354 e. The Kier molecular flexibility index (Phi) is 6.59. The molecule has 0 saturated carbocycles. The van der Waals surface area contributed by atoms with Crippen molar-refractivity contribution < 1.29 is 13.2 Å². The minimum absolute atomic E-state index is 0.00265. The van der Waals surface area contributed by atoms with Crippen LogP contribution in [0.4, 0.5) is 0 Å². The molecule has 7 nitrogen and oxygen atoms in total. The number of aromatic nitrogens is 2. The summed E-state index contributed by atoms with van der Waals surface area (Å²) in [6, 6.07) is 20.5. The van der Waals surface area contributed by atoms with E-state index in [2.05, 4.69) is 18.8 Å². The van der Waals surface area contributed by atoms with Gasteiger partial charge in [0.25, 0.3) is 0 Å². The van der Waals surface area contributed by atoms with Crippen LogP contribution in [0.5, 0.6) is 0 Å². The first-order chi connectivity index (χ1) is 15.4. The monoisotopic (exact) mass is 466 g/mol. The minimum atomic E-state index is -4.04. The van der Waals surface area contributed by atoms with Crippen LogP contribution < -0.4 is 10.0 Å². The number of carbonyl (C=O) groups excluding carboxylic acids is 1. The summed E-state index contributed by atoms with van der Waals surface area (Å²) >= 11 is 0.943. The number of hydrogen-bond donors (Lipinski definition) is 2. The summed E-state index contributed by atoms with van der Waals surface area (Å²) < 4.78 is 37.2. The molecule has 9 heteroatoms. The van der Waals surface area contributed by atoms with Crippen LogP contribution in [-0.4, -0.2) is 29.6 Å². The van der Waals surface area contributed by atoms with E-state index in [1.165, 1.54) is 11.6 Å². The van der Waals surface area contributed by atoms with Crippen LogP contribution in [0.2, 0.25) is 0 Å². The van der Waals surface area contributed by atoms with E-state index in [4.69, 9.17) is 0 Å². The molecule has 0 aliphatic rings. The van der Waals surface area contributed by atoms with Crippen molar-refractivity contribution in [3.63, 3.8) is 0 Å². The number of hydrogen-bond acceptors (Lipinski definition) is 6. The maximum Gasteiger partial charge on any atom is 0.243 e. The summed E-state index contributed by atoms with van der Waals surface area (Å²) in [5.74, 6) is -0.421. The van der Waals surface area contributed by atoms with E-state index in [0.717, 1.165) is 17.3 Å². The van der Waals surface area contributed by atoms with Crippen LogP contribution >= 0.6 is 11.7 Å². The zero-order valence-corrected chi connectivity index (χ0v) is 19.0. The highest BCUT2D eigenvalue weighted by Gasteiger charge is 2.29. The lowest BCUT2D eigenvalue weighted by Crippen LogP contribution is -2.41. The molecular weight excluding hydrogens is 444 g/mol. The number of rotatable bonds is 8. The molecule has 0 radical (unpaired) electrons. The fourth-order valence-electron chi connectivity index (χ4n) is 3.32. The Balaban J connectivity index is 1.55. The second kappa shape index (κ2) is 9.56. The molecule has 2 N–H and O–H groups in total. The van der Waals surface area contributed by atoms with Gasteiger partial charge in [0.2, 0.25) is 15.9 Å². The van der Waals surface area contributed by atoms with E-state index in [1.54, 1.807) is 36.4 Å². The summed E-state index contributed by atoms with van der Waals surface area (Å²) in [7, 11) is -4.04. The lowest BCUT2D eigenvalue weighted by Gasteiger charge is -2.19. The zero-order chi connectivity index (χ0) is 22.6. The molecule has 1 heterocycles. The second-order valence-electron chi connectivity index (χ2n) is 7.38. The Morgan fingerprint density at radius 2 is 1.72 bits per heavy atom. The summed E-state index contributed by atoms with van der Waals surface area (Å²) in [5, 5.41) is 2.86. The average Bonchev–Trinajstić information content (AvgIpc) is 3.28. The normalized spacial score (nSPS) is 12.5. The Morgan fingerprint density at radius 3 is 2.47 bits per heavy atom. The molecule has 0 saturated heterocycles. The zero-order valence-electron chi connectivity index (χ0n) is 17.4. The van der Waals surface area contributed by atoms with Gasteiger partial charge >= 0.3 is 0 Å². The van der Waals surface area contributed by atoms with Gasteiger partial charge in [-0.05, 0) is 36.6 Å². The molecule has 1 unspecified atom stereocenters. The number of sulfonamides is 1. The third-order valence-corrected chi connectivity index (χ3v) is 7.04. The molecule has 4 rings (SSSR count). The smallest absolute Gasteiger partial charge is 0.243 e. The van der Waals surface area contributed by atoms with Gasteiger partial charge in [-0.25, -0.2) is 8.42 Å². The van der Waals surface area contributed by atoms with Crippen LogP contribution in [0.3, 0.4) is 0 Å². The first-order valence-electron chi connectivity index (χ1n) is 10.1. The number of carbonyl (C=O) groups is 1. The molecule has 1 atom stereocenters. The quantitative estimate of drug-likeness (QED) is 0.415. The summed E-state index contributed by atoms with van der Waals surface area (Å²) in [4.78, 5) is 13.0. The van der Waals surface area contributed by atoms with Crippen LogP contribution in [0, 0.1) is 6.92 Å². The molecule has 0 aliphatic heterocycles. The number of amides is 1. The van der Waals surface area contributed by atoms with Crippen LogP contribution in [0.1, 0.15) is 22.7 Å². The van der Waals surface area contributed by atoms with Gasteiger partial charge in [0.15, 0.2) is 0 Å². The molecule has 4 aromatic rings. The van der Waals surface area contributed by atoms with E-state index >= 15 is 0 Å². The van der Waals surface area contributed by atoms with Gasteiger partial charge in [-0.1, -0.05) is 66.2 Å². The van der Waals surface area contributed by atoms with Gasteiger partial charge in [0.1, 0.15) is 22.0 Å². The van der Waals surface area contributed by atoms with Crippen LogP contribution in [0.15, 0.2) is 77.7 Å². The maximum absolute atomic E-state index is 13.2. The van der Waals surface area contributed by atoms with Gasteiger partial charge in [-0.3, -0.25) is 4.79 Å². The number of nitrogens with zero attached hydrogens (tertiary/aromatic N) is 2.